The van der Waals surface area contributed by atoms with E-state index in [9.17, 15) is 4.79 Å². The number of hydrogen-bond acceptors (Lipinski definition) is 4. The van der Waals surface area contributed by atoms with E-state index in [1.807, 2.05) is 42.4 Å². The molecule has 2 aromatic rings. The molecule has 0 radical (unpaired) electrons. The van der Waals surface area contributed by atoms with Gasteiger partial charge in [0.15, 0.2) is 6.10 Å². The number of anilines is 1. The van der Waals surface area contributed by atoms with Gasteiger partial charge in [0.25, 0.3) is 5.91 Å². The standard InChI is InChI=1S/C18H23ClN4O2/c1-21-13-14(12-20-21)17(25-2)18(24)23-9-5-8-22(10-11-23)16-7-4-3-6-15(16)19/h3-4,6-7,12-13,17H,5,8-11H2,1-2H3. The molecule has 1 fully saturated rings. The summed E-state index contributed by atoms with van der Waals surface area (Å²) in [6.07, 6.45) is 3.78. The van der Waals surface area contributed by atoms with E-state index < -0.39 is 6.10 Å². The molecule has 2 heterocycles. The Kier molecular flexibility index (Phi) is 5.60. The summed E-state index contributed by atoms with van der Waals surface area (Å²) in [6, 6.07) is 7.83. The second kappa shape index (κ2) is 7.89. The molecule has 0 aliphatic carbocycles. The first-order valence-corrected chi connectivity index (χ1v) is 8.77. The molecule has 3 rings (SSSR count). The van der Waals surface area contributed by atoms with Crippen molar-refractivity contribution in [3.05, 3.63) is 47.2 Å². The van der Waals surface area contributed by atoms with Crippen LogP contribution < -0.4 is 4.90 Å². The third-order valence-electron chi connectivity index (χ3n) is 4.49. The fraction of sp³-hybridized carbons (Fsp3) is 0.444. The normalized spacial score (nSPS) is 16.6. The average Bonchev–Trinajstić information content (AvgIpc) is 2.89. The minimum Gasteiger partial charge on any atom is -0.368 e. The average molecular weight is 363 g/mol. The Labute approximate surface area is 152 Å². The number of nitrogens with zero attached hydrogens (tertiary/aromatic N) is 4. The lowest BCUT2D eigenvalue weighted by Gasteiger charge is -2.26. The van der Waals surface area contributed by atoms with Crippen LogP contribution in [0, 0.1) is 0 Å². The lowest BCUT2D eigenvalue weighted by Crippen LogP contribution is -2.38. The maximum absolute atomic E-state index is 12.9. The number of carbonyl (C=O) groups excluding carboxylic acids is 1. The van der Waals surface area contributed by atoms with Crippen LogP contribution in [0.15, 0.2) is 36.7 Å². The van der Waals surface area contributed by atoms with Crippen molar-refractivity contribution in [3.63, 3.8) is 0 Å². The summed E-state index contributed by atoms with van der Waals surface area (Å²) in [7, 11) is 3.39. The summed E-state index contributed by atoms with van der Waals surface area (Å²) < 4.78 is 7.13. The molecule has 134 valence electrons. The Morgan fingerprint density at radius 1 is 1.24 bits per heavy atom. The Morgan fingerprint density at radius 2 is 2.04 bits per heavy atom. The van der Waals surface area contributed by atoms with Gasteiger partial charge in [0.2, 0.25) is 0 Å². The molecule has 0 spiro atoms. The summed E-state index contributed by atoms with van der Waals surface area (Å²) in [5.41, 5.74) is 1.80. The van der Waals surface area contributed by atoms with Crippen LogP contribution in [0.2, 0.25) is 5.02 Å². The molecule has 1 aliphatic rings. The van der Waals surface area contributed by atoms with E-state index in [0.29, 0.717) is 13.1 Å². The van der Waals surface area contributed by atoms with E-state index in [0.717, 1.165) is 35.8 Å². The van der Waals surface area contributed by atoms with E-state index in [-0.39, 0.29) is 5.91 Å². The van der Waals surface area contributed by atoms with Gasteiger partial charge in [0.05, 0.1) is 16.9 Å². The quantitative estimate of drug-likeness (QED) is 0.838. The van der Waals surface area contributed by atoms with Crippen LogP contribution in [0.3, 0.4) is 0 Å². The summed E-state index contributed by atoms with van der Waals surface area (Å²) >= 11 is 6.31. The van der Waals surface area contributed by atoms with E-state index in [1.54, 1.807) is 18.0 Å². The number of halogens is 1. The van der Waals surface area contributed by atoms with Crippen molar-refractivity contribution < 1.29 is 9.53 Å². The zero-order valence-electron chi connectivity index (χ0n) is 14.6. The minimum absolute atomic E-state index is 0.0171. The molecule has 0 bridgehead atoms. The third-order valence-corrected chi connectivity index (χ3v) is 4.81. The topological polar surface area (TPSA) is 50.6 Å². The molecule has 0 saturated carbocycles. The number of ether oxygens (including phenoxy) is 1. The highest BCUT2D eigenvalue weighted by Gasteiger charge is 2.28. The van der Waals surface area contributed by atoms with Crippen molar-refractivity contribution in [3.8, 4) is 0 Å². The highest BCUT2D eigenvalue weighted by Crippen LogP contribution is 2.27. The van der Waals surface area contributed by atoms with Crippen molar-refractivity contribution in [2.24, 2.45) is 7.05 Å². The van der Waals surface area contributed by atoms with Crippen molar-refractivity contribution >= 4 is 23.2 Å². The van der Waals surface area contributed by atoms with E-state index >= 15 is 0 Å². The molecule has 7 heteroatoms. The predicted octanol–water partition coefficient (Wildman–Crippen LogP) is 2.50. The maximum Gasteiger partial charge on any atom is 0.256 e. The fourth-order valence-electron chi connectivity index (χ4n) is 3.21. The SMILES string of the molecule is COC(C(=O)N1CCCN(c2ccccc2Cl)CC1)c1cnn(C)c1. The second-order valence-electron chi connectivity index (χ2n) is 6.18. The Morgan fingerprint density at radius 3 is 2.72 bits per heavy atom. The van der Waals surface area contributed by atoms with E-state index in [1.165, 1.54) is 0 Å². The largest absolute Gasteiger partial charge is 0.368 e. The fourth-order valence-corrected chi connectivity index (χ4v) is 3.46. The van der Waals surface area contributed by atoms with E-state index in [4.69, 9.17) is 16.3 Å². The number of carbonyl (C=O) groups is 1. The molecular formula is C18H23ClN4O2. The number of hydrogen-bond donors (Lipinski definition) is 0. The Hall–Kier alpha value is -2.05. The zero-order valence-corrected chi connectivity index (χ0v) is 15.3. The van der Waals surface area contributed by atoms with Gasteiger partial charge in [-0.05, 0) is 18.6 Å². The minimum atomic E-state index is -0.611. The molecule has 25 heavy (non-hydrogen) atoms. The summed E-state index contributed by atoms with van der Waals surface area (Å²) in [5, 5.41) is 4.88. The number of benzene rings is 1. The van der Waals surface area contributed by atoms with Crippen LogP contribution in [0.5, 0.6) is 0 Å². The van der Waals surface area contributed by atoms with Gasteiger partial charge in [-0.3, -0.25) is 9.48 Å². The molecule has 0 N–H and O–H groups in total. The predicted molar refractivity (Wildman–Crippen MR) is 97.8 cm³/mol. The maximum atomic E-state index is 12.9. The van der Waals surface area contributed by atoms with Crippen LogP contribution in [0.4, 0.5) is 5.69 Å². The van der Waals surface area contributed by atoms with Gasteiger partial charge < -0.3 is 14.5 Å². The zero-order chi connectivity index (χ0) is 17.8. The van der Waals surface area contributed by atoms with Gasteiger partial charge in [0.1, 0.15) is 0 Å². The number of aryl methyl sites for hydroxylation is 1. The molecule has 1 saturated heterocycles. The first kappa shape index (κ1) is 17.8. The molecule has 1 aromatic carbocycles. The molecule has 1 amide bonds. The smallest absolute Gasteiger partial charge is 0.256 e. The summed E-state index contributed by atoms with van der Waals surface area (Å²) in [4.78, 5) is 17.0. The highest BCUT2D eigenvalue weighted by atomic mass is 35.5. The van der Waals surface area contributed by atoms with Gasteiger partial charge in [-0.15, -0.1) is 0 Å². The summed E-state index contributed by atoms with van der Waals surface area (Å²) in [5.74, 6) is -0.0171. The lowest BCUT2D eigenvalue weighted by molar-refractivity contribution is -0.142. The molecule has 1 unspecified atom stereocenters. The van der Waals surface area contributed by atoms with Gasteiger partial charge in [-0.2, -0.15) is 5.10 Å². The van der Waals surface area contributed by atoms with Gasteiger partial charge in [0, 0.05) is 52.1 Å². The van der Waals surface area contributed by atoms with E-state index in [2.05, 4.69) is 10.00 Å². The van der Waals surface area contributed by atoms with Gasteiger partial charge >= 0.3 is 0 Å². The Bertz CT molecular complexity index is 733. The van der Waals surface area contributed by atoms with Crippen LogP contribution in [-0.2, 0) is 16.6 Å². The number of rotatable bonds is 4. The second-order valence-corrected chi connectivity index (χ2v) is 6.59. The number of methoxy groups -OCH3 is 1. The molecule has 1 atom stereocenters. The molecule has 6 nitrogen and oxygen atoms in total. The number of amides is 1. The van der Waals surface area contributed by atoms with Crippen LogP contribution in [0.25, 0.3) is 0 Å². The van der Waals surface area contributed by atoms with Crippen molar-refractivity contribution in [2.45, 2.75) is 12.5 Å². The van der Waals surface area contributed by atoms with Crippen LogP contribution >= 0.6 is 11.6 Å². The van der Waals surface area contributed by atoms with Gasteiger partial charge in [-0.1, -0.05) is 23.7 Å². The highest BCUT2D eigenvalue weighted by molar-refractivity contribution is 6.33. The Balaban J connectivity index is 1.70. The summed E-state index contributed by atoms with van der Waals surface area (Å²) in [6.45, 7) is 2.97. The van der Waals surface area contributed by atoms with Crippen molar-refractivity contribution in [1.82, 2.24) is 14.7 Å². The van der Waals surface area contributed by atoms with Crippen molar-refractivity contribution in [2.75, 3.05) is 38.2 Å². The number of aromatic nitrogens is 2. The first-order chi connectivity index (χ1) is 12.1. The lowest BCUT2D eigenvalue weighted by atomic mass is 10.1. The van der Waals surface area contributed by atoms with Crippen molar-refractivity contribution in [1.29, 1.82) is 0 Å². The monoisotopic (exact) mass is 362 g/mol. The first-order valence-electron chi connectivity index (χ1n) is 8.39. The molecule has 1 aromatic heterocycles. The van der Waals surface area contributed by atoms with Gasteiger partial charge in [-0.25, -0.2) is 0 Å². The third kappa shape index (κ3) is 3.96. The van der Waals surface area contributed by atoms with Crippen LogP contribution in [-0.4, -0.2) is 53.9 Å². The molecule has 1 aliphatic heterocycles. The molecular weight excluding hydrogens is 340 g/mol. The number of para-hydroxylation sites is 1. The van der Waals surface area contributed by atoms with Crippen LogP contribution in [0.1, 0.15) is 18.1 Å².